The van der Waals surface area contributed by atoms with Crippen molar-refractivity contribution in [1.29, 1.82) is 0 Å². The predicted octanol–water partition coefficient (Wildman–Crippen LogP) is 3.15. The number of hydrogen-bond donors (Lipinski definition) is 2. The van der Waals surface area contributed by atoms with Crippen LogP contribution in [0.3, 0.4) is 0 Å². The number of nitrogens with zero attached hydrogens (tertiary/aromatic N) is 3. The van der Waals surface area contributed by atoms with Crippen LogP contribution in [0.15, 0.2) is 24.5 Å². The van der Waals surface area contributed by atoms with Crippen molar-refractivity contribution >= 4 is 34.6 Å². The van der Waals surface area contributed by atoms with E-state index < -0.39 is 4.92 Å². The lowest BCUT2D eigenvalue weighted by Gasteiger charge is -2.12. The van der Waals surface area contributed by atoms with Crippen LogP contribution in [0.5, 0.6) is 0 Å². The van der Waals surface area contributed by atoms with Crippen LogP contribution < -0.4 is 10.6 Å². The molecule has 2 rings (SSSR count). The third-order valence-electron chi connectivity index (χ3n) is 3.12. The molecule has 0 bridgehead atoms. The second-order valence-electron chi connectivity index (χ2n) is 4.63. The first-order chi connectivity index (χ1) is 11.0. The molecule has 2 aromatic rings. The third-order valence-corrected chi connectivity index (χ3v) is 3.53. The summed E-state index contributed by atoms with van der Waals surface area (Å²) in [6.07, 6.45) is 1.25. The Morgan fingerprint density at radius 3 is 2.78 bits per heavy atom. The molecular weight excluding hydrogens is 322 g/mol. The summed E-state index contributed by atoms with van der Waals surface area (Å²) in [6.45, 7) is 2.61. The van der Waals surface area contributed by atoms with E-state index in [1.807, 2.05) is 6.92 Å². The molecule has 0 spiro atoms. The van der Waals surface area contributed by atoms with Crippen LogP contribution in [0.1, 0.15) is 5.56 Å². The van der Waals surface area contributed by atoms with Gasteiger partial charge in [-0.3, -0.25) is 10.1 Å². The van der Waals surface area contributed by atoms with Gasteiger partial charge in [0.15, 0.2) is 0 Å². The Balaban J connectivity index is 2.36. The maximum Gasteiger partial charge on any atom is 0.353 e. The van der Waals surface area contributed by atoms with Gasteiger partial charge < -0.3 is 15.4 Å². The molecule has 0 aliphatic rings. The van der Waals surface area contributed by atoms with Crippen molar-refractivity contribution in [1.82, 2.24) is 9.97 Å². The molecule has 1 heterocycles. The summed E-state index contributed by atoms with van der Waals surface area (Å²) in [5, 5.41) is 17.8. The van der Waals surface area contributed by atoms with E-state index in [2.05, 4.69) is 20.6 Å². The summed E-state index contributed by atoms with van der Waals surface area (Å²) in [5.41, 5.74) is 1.18. The van der Waals surface area contributed by atoms with Crippen molar-refractivity contribution in [2.24, 2.45) is 0 Å². The Hall–Kier alpha value is -2.45. The number of anilines is 3. The van der Waals surface area contributed by atoms with Gasteiger partial charge in [-0.25, -0.2) is 9.97 Å². The minimum absolute atomic E-state index is 0.0929. The standard InChI is InChI=1S/C14H16ClN5O3/c1-9-10(15)4-3-5-11(9)19-14-12(20(21)22)13(17-8-18-14)16-6-7-23-2/h3-5,8H,6-7H2,1-2H3,(H2,16,17,18,19). The minimum Gasteiger partial charge on any atom is -0.383 e. The zero-order valence-electron chi connectivity index (χ0n) is 12.7. The lowest BCUT2D eigenvalue weighted by molar-refractivity contribution is -0.383. The molecule has 0 amide bonds. The average Bonchev–Trinajstić information content (AvgIpc) is 2.52. The summed E-state index contributed by atoms with van der Waals surface area (Å²) < 4.78 is 4.91. The normalized spacial score (nSPS) is 10.4. The van der Waals surface area contributed by atoms with Crippen LogP contribution >= 0.6 is 11.6 Å². The van der Waals surface area contributed by atoms with Crippen LogP contribution in [0, 0.1) is 17.0 Å². The molecule has 0 fully saturated rings. The van der Waals surface area contributed by atoms with E-state index in [0.717, 1.165) is 5.56 Å². The zero-order chi connectivity index (χ0) is 16.8. The number of aromatic nitrogens is 2. The zero-order valence-corrected chi connectivity index (χ0v) is 13.4. The van der Waals surface area contributed by atoms with Gasteiger partial charge in [-0.15, -0.1) is 0 Å². The van der Waals surface area contributed by atoms with Crippen molar-refractivity contribution in [2.75, 3.05) is 30.9 Å². The highest BCUT2D eigenvalue weighted by Gasteiger charge is 2.23. The molecule has 0 aliphatic carbocycles. The number of hydrogen-bond acceptors (Lipinski definition) is 7. The maximum absolute atomic E-state index is 11.4. The smallest absolute Gasteiger partial charge is 0.353 e. The Labute approximate surface area is 138 Å². The molecule has 0 radical (unpaired) electrons. The van der Waals surface area contributed by atoms with E-state index in [4.69, 9.17) is 16.3 Å². The number of benzene rings is 1. The molecule has 8 nitrogen and oxygen atoms in total. The average molecular weight is 338 g/mol. The number of rotatable bonds is 7. The molecule has 122 valence electrons. The molecule has 0 saturated carbocycles. The van der Waals surface area contributed by atoms with Gasteiger partial charge in [0.1, 0.15) is 6.33 Å². The first-order valence-corrected chi connectivity index (χ1v) is 7.16. The molecule has 2 N–H and O–H groups in total. The Morgan fingerprint density at radius 2 is 2.09 bits per heavy atom. The summed E-state index contributed by atoms with van der Waals surface area (Å²) >= 11 is 6.07. The topological polar surface area (TPSA) is 102 Å². The maximum atomic E-state index is 11.4. The second-order valence-corrected chi connectivity index (χ2v) is 5.04. The van der Waals surface area contributed by atoms with Gasteiger partial charge in [0.25, 0.3) is 0 Å². The van der Waals surface area contributed by atoms with Crippen LogP contribution in [0.2, 0.25) is 5.02 Å². The summed E-state index contributed by atoms with van der Waals surface area (Å²) in [4.78, 5) is 18.8. The Kier molecular flexibility index (Phi) is 5.67. The molecule has 0 atom stereocenters. The van der Waals surface area contributed by atoms with Crippen LogP contribution in [-0.4, -0.2) is 35.2 Å². The van der Waals surface area contributed by atoms with E-state index in [9.17, 15) is 10.1 Å². The fourth-order valence-electron chi connectivity index (χ4n) is 1.91. The monoisotopic (exact) mass is 337 g/mol. The number of nitro groups is 1. The number of methoxy groups -OCH3 is 1. The van der Waals surface area contributed by atoms with E-state index in [1.54, 1.807) is 25.3 Å². The molecule has 0 aliphatic heterocycles. The quantitative estimate of drug-likeness (QED) is 0.454. The fraction of sp³-hybridized carbons (Fsp3) is 0.286. The number of ether oxygens (including phenoxy) is 1. The van der Waals surface area contributed by atoms with Crippen molar-refractivity contribution < 1.29 is 9.66 Å². The van der Waals surface area contributed by atoms with E-state index in [-0.39, 0.29) is 17.3 Å². The molecule has 0 saturated heterocycles. The van der Waals surface area contributed by atoms with Crippen LogP contribution in [0.4, 0.5) is 23.0 Å². The Bertz CT molecular complexity index is 711. The van der Waals surface area contributed by atoms with Gasteiger partial charge in [-0.05, 0) is 24.6 Å². The highest BCUT2D eigenvalue weighted by atomic mass is 35.5. The van der Waals surface area contributed by atoms with E-state index >= 15 is 0 Å². The summed E-state index contributed by atoms with van der Waals surface area (Å²) in [7, 11) is 1.55. The first kappa shape index (κ1) is 16.9. The van der Waals surface area contributed by atoms with Gasteiger partial charge in [-0.2, -0.15) is 0 Å². The second kappa shape index (κ2) is 7.70. The highest BCUT2D eigenvalue weighted by Crippen LogP contribution is 2.33. The predicted molar refractivity (Wildman–Crippen MR) is 88.5 cm³/mol. The lowest BCUT2D eigenvalue weighted by atomic mass is 10.2. The molecule has 9 heteroatoms. The van der Waals surface area contributed by atoms with Crippen LogP contribution in [-0.2, 0) is 4.74 Å². The largest absolute Gasteiger partial charge is 0.383 e. The number of nitrogens with one attached hydrogen (secondary N) is 2. The van der Waals surface area contributed by atoms with Crippen molar-refractivity contribution in [3.63, 3.8) is 0 Å². The van der Waals surface area contributed by atoms with E-state index in [0.29, 0.717) is 23.9 Å². The lowest BCUT2D eigenvalue weighted by Crippen LogP contribution is -2.12. The van der Waals surface area contributed by atoms with Gasteiger partial charge in [0.2, 0.25) is 11.6 Å². The fourth-order valence-corrected chi connectivity index (χ4v) is 2.09. The summed E-state index contributed by atoms with van der Waals surface area (Å²) in [6, 6.07) is 5.27. The Morgan fingerprint density at radius 1 is 1.35 bits per heavy atom. The molecule has 1 aromatic carbocycles. The van der Waals surface area contributed by atoms with Gasteiger partial charge >= 0.3 is 5.69 Å². The van der Waals surface area contributed by atoms with Crippen LogP contribution in [0.25, 0.3) is 0 Å². The molecule has 1 aromatic heterocycles. The van der Waals surface area contributed by atoms with Crippen molar-refractivity contribution in [3.8, 4) is 0 Å². The number of halogens is 1. The van der Waals surface area contributed by atoms with Gasteiger partial charge in [-0.1, -0.05) is 17.7 Å². The third kappa shape index (κ3) is 4.05. The summed E-state index contributed by atoms with van der Waals surface area (Å²) in [5.74, 6) is 0.222. The van der Waals surface area contributed by atoms with E-state index in [1.165, 1.54) is 6.33 Å². The SMILES string of the molecule is COCCNc1ncnc(Nc2cccc(Cl)c2C)c1[N+](=O)[O-]. The first-order valence-electron chi connectivity index (χ1n) is 6.79. The van der Waals surface area contributed by atoms with Gasteiger partial charge in [0.05, 0.1) is 11.5 Å². The van der Waals surface area contributed by atoms with Crippen molar-refractivity contribution in [3.05, 3.63) is 45.2 Å². The highest BCUT2D eigenvalue weighted by molar-refractivity contribution is 6.31. The molecule has 0 unspecified atom stereocenters. The van der Waals surface area contributed by atoms with Crippen molar-refractivity contribution in [2.45, 2.75) is 6.92 Å². The molecule has 23 heavy (non-hydrogen) atoms. The van der Waals surface area contributed by atoms with Gasteiger partial charge in [0, 0.05) is 24.4 Å². The minimum atomic E-state index is -0.530. The molecular formula is C14H16ClN5O3.